The highest BCUT2D eigenvalue weighted by Crippen LogP contribution is 2.11. The van der Waals surface area contributed by atoms with Gasteiger partial charge >= 0.3 is 12.0 Å². The lowest BCUT2D eigenvalue weighted by atomic mass is 9.97. The molecule has 2 atom stereocenters. The van der Waals surface area contributed by atoms with Crippen molar-refractivity contribution in [1.82, 2.24) is 10.6 Å². The fourth-order valence-corrected chi connectivity index (χ4v) is 2.34. The molecule has 0 saturated heterocycles. The maximum atomic E-state index is 11.6. The van der Waals surface area contributed by atoms with E-state index in [1.165, 1.54) is 0 Å². The Morgan fingerprint density at radius 3 is 2.37 bits per heavy atom. The Morgan fingerprint density at radius 1 is 1.26 bits per heavy atom. The van der Waals surface area contributed by atoms with Crippen LogP contribution in [0.25, 0.3) is 0 Å². The first-order valence-electron chi connectivity index (χ1n) is 6.71. The SMILES string of the molecule is CCSCC(C)NC(=O)NCC(CC(C)C)C(=O)O. The van der Waals surface area contributed by atoms with Crippen LogP contribution in [0.1, 0.15) is 34.1 Å². The van der Waals surface area contributed by atoms with Gasteiger partial charge in [-0.1, -0.05) is 20.8 Å². The smallest absolute Gasteiger partial charge is 0.315 e. The van der Waals surface area contributed by atoms with Crippen LogP contribution >= 0.6 is 11.8 Å². The molecule has 0 aromatic carbocycles. The van der Waals surface area contributed by atoms with Crippen molar-refractivity contribution in [2.75, 3.05) is 18.1 Å². The largest absolute Gasteiger partial charge is 0.481 e. The van der Waals surface area contributed by atoms with E-state index in [0.29, 0.717) is 12.3 Å². The second-order valence-corrected chi connectivity index (χ2v) is 6.40. The second-order valence-electron chi connectivity index (χ2n) is 5.08. The van der Waals surface area contributed by atoms with Gasteiger partial charge in [0.1, 0.15) is 0 Å². The molecule has 0 aliphatic carbocycles. The van der Waals surface area contributed by atoms with Gasteiger partial charge in [-0.05, 0) is 25.0 Å². The van der Waals surface area contributed by atoms with Crippen molar-refractivity contribution in [3.63, 3.8) is 0 Å². The molecule has 0 saturated carbocycles. The summed E-state index contributed by atoms with van der Waals surface area (Å²) in [6.45, 7) is 8.12. The molecule has 6 heteroatoms. The molecule has 112 valence electrons. The minimum atomic E-state index is -0.858. The van der Waals surface area contributed by atoms with Gasteiger partial charge in [0, 0.05) is 18.3 Å². The van der Waals surface area contributed by atoms with E-state index in [9.17, 15) is 9.59 Å². The van der Waals surface area contributed by atoms with Crippen LogP contribution in [0.2, 0.25) is 0 Å². The summed E-state index contributed by atoms with van der Waals surface area (Å²) < 4.78 is 0. The van der Waals surface area contributed by atoms with Crippen molar-refractivity contribution in [3.8, 4) is 0 Å². The number of amides is 2. The summed E-state index contributed by atoms with van der Waals surface area (Å²) in [5.74, 6) is 0.794. The average Bonchev–Trinajstić information content (AvgIpc) is 2.31. The Labute approximate surface area is 119 Å². The maximum Gasteiger partial charge on any atom is 0.315 e. The van der Waals surface area contributed by atoms with Gasteiger partial charge in [-0.15, -0.1) is 0 Å². The molecule has 0 radical (unpaired) electrons. The number of aliphatic carboxylic acids is 1. The predicted octanol–water partition coefficient (Wildman–Crippen LogP) is 2.17. The molecule has 0 aromatic rings. The normalized spacial score (nSPS) is 13.9. The molecule has 0 rings (SSSR count). The Morgan fingerprint density at radius 2 is 1.89 bits per heavy atom. The Balaban J connectivity index is 4.01. The van der Waals surface area contributed by atoms with Crippen molar-refractivity contribution in [3.05, 3.63) is 0 Å². The first-order valence-corrected chi connectivity index (χ1v) is 7.87. The van der Waals surface area contributed by atoms with Crippen LogP contribution in [0, 0.1) is 11.8 Å². The van der Waals surface area contributed by atoms with E-state index < -0.39 is 11.9 Å². The molecule has 0 heterocycles. The van der Waals surface area contributed by atoms with Crippen LogP contribution < -0.4 is 10.6 Å². The van der Waals surface area contributed by atoms with Gasteiger partial charge in [0.2, 0.25) is 0 Å². The summed E-state index contributed by atoms with van der Waals surface area (Å²) in [5, 5.41) is 14.5. The summed E-state index contributed by atoms with van der Waals surface area (Å²) >= 11 is 1.76. The standard InChI is InChI=1S/C13H26N2O3S/c1-5-19-8-10(4)15-13(18)14-7-11(12(16)17)6-9(2)3/h9-11H,5-8H2,1-4H3,(H,16,17)(H2,14,15,18). The lowest BCUT2D eigenvalue weighted by molar-refractivity contribution is -0.142. The monoisotopic (exact) mass is 290 g/mol. The molecule has 5 nitrogen and oxygen atoms in total. The quantitative estimate of drug-likeness (QED) is 0.608. The fourth-order valence-electron chi connectivity index (χ4n) is 1.67. The van der Waals surface area contributed by atoms with Crippen LogP contribution in [0.15, 0.2) is 0 Å². The lowest BCUT2D eigenvalue weighted by Gasteiger charge is -2.17. The summed E-state index contributed by atoms with van der Waals surface area (Å²) in [6.07, 6.45) is 0.566. The van der Waals surface area contributed by atoms with Gasteiger partial charge < -0.3 is 15.7 Å². The van der Waals surface area contributed by atoms with Crippen LogP contribution in [-0.4, -0.2) is 41.2 Å². The van der Waals surface area contributed by atoms with E-state index in [-0.39, 0.29) is 18.6 Å². The van der Waals surface area contributed by atoms with Gasteiger partial charge in [0.25, 0.3) is 0 Å². The minimum Gasteiger partial charge on any atom is -0.481 e. The molecule has 0 spiro atoms. The predicted molar refractivity (Wildman–Crippen MR) is 79.6 cm³/mol. The molecular formula is C13H26N2O3S. The molecule has 2 amide bonds. The number of urea groups is 1. The van der Waals surface area contributed by atoms with Crippen LogP contribution in [-0.2, 0) is 4.79 Å². The fraction of sp³-hybridized carbons (Fsp3) is 0.846. The zero-order valence-corrected chi connectivity index (χ0v) is 13.0. The van der Waals surface area contributed by atoms with Gasteiger partial charge in [0.05, 0.1) is 5.92 Å². The van der Waals surface area contributed by atoms with Gasteiger partial charge in [-0.2, -0.15) is 11.8 Å². The van der Waals surface area contributed by atoms with E-state index in [1.54, 1.807) is 11.8 Å². The molecule has 0 bridgehead atoms. The van der Waals surface area contributed by atoms with Crippen molar-refractivity contribution < 1.29 is 14.7 Å². The number of carboxylic acid groups (broad SMARTS) is 1. The summed E-state index contributed by atoms with van der Waals surface area (Å²) in [6, 6.07) is -0.211. The number of hydrogen-bond acceptors (Lipinski definition) is 3. The second kappa shape index (κ2) is 9.95. The first kappa shape index (κ1) is 18.1. The van der Waals surface area contributed by atoms with E-state index in [4.69, 9.17) is 5.11 Å². The molecule has 2 unspecified atom stereocenters. The van der Waals surface area contributed by atoms with E-state index in [0.717, 1.165) is 11.5 Å². The highest BCUT2D eigenvalue weighted by atomic mass is 32.2. The summed E-state index contributed by atoms with van der Waals surface area (Å²) in [4.78, 5) is 22.6. The third kappa shape index (κ3) is 9.64. The minimum absolute atomic E-state index is 0.0818. The molecule has 3 N–H and O–H groups in total. The zero-order chi connectivity index (χ0) is 14.8. The number of rotatable bonds is 9. The van der Waals surface area contributed by atoms with Crippen LogP contribution in [0.5, 0.6) is 0 Å². The molecular weight excluding hydrogens is 264 g/mol. The van der Waals surface area contributed by atoms with E-state index in [2.05, 4.69) is 17.6 Å². The number of thioether (sulfide) groups is 1. The zero-order valence-electron chi connectivity index (χ0n) is 12.2. The molecule has 0 aromatic heterocycles. The third-order valence-corrected chi connectivity index (χ3v) is 3.71. The highest BCUT2D eigenvalue weighted by molar-refractivity contribution is 7.99. The van der Waals surface area contributed by atoms with E-state index >= 15 is 0 Å². The van der Waals surface area contributed by atoms with Crippen molar-refractivity contribution >= 4 is 23.8 Å². The first-order chi connectivity index (χ1) is 8.86. The Kier molecular flexibility index (Phi) is 9.47. The van der Waals surface area contributed by atoms with Crippen molar-refractivity contribution in [2.45, 2.75) is 40.2 Å². The van der Waals surface area contributed by atoms with Gasteiger partial charge in [0.15, 0.2) is 0 Å². The molecule has 19 heavy (non-hydrogen) atoms. The van der Waals surface area contributed by atoms with Gasteiger partial charge in [-0.25, -0.2) is 4.79 Å². The Bertz CT molecular complexity index is 285. The number of hydrogen-bond donors (Lipinski definition) is 3. The summed E-state index contributed by atoms with van der Waals surface area (Å²) in [7, 11) is 0. The highest BCUT2D eigenvalue weighted by Gasteiger charge is 2.19. The topological polar surface area (TPSA) is 78.4 Å². The lowest BCUT2D eigenvalue weighted by Crippen LogP contribution is -2.44. The summed E-state index contributed by atoms with van der Waals surface area (Å²) in [5.41, 5.74) is 0. The van der Waals surface area contributed by atoms with Gasteiger partial charge in [-0.3, -0.25) is 4.79 Å². The van der Waals surface area contributed by atoms with E-state index in [1.807, 2.05) is 20.8 Å². The Hall–Kier alpha value is -0.910. The average molecular weight is 290 g/mol. The molecule has 0 aliphatic heterocycles. The number of carbonyl (C=O) groups is 2. The number of carbonyl (C=O) groups excluding carboxylic acids is 1. The van der Waals surface area contributed by atoms with Crippen LogP contribution in [0.3, 0.4) is 0 Å². The maximum absolute atomic E-state index is 11.6. The van der Waals surface area contributed by atoms with Crippen molar-refractivity contribution in [2.24, 2.45) is 11.8 Å². The number of nitrogens with one attached hydrogen (secondary N) is 2. The number of carboxylic acids is 1. The van der Waals surface area contributed by atoms with Crippen LogP contribution in [0.4, 0.5) is 4.79 Å². The third-order valence-electron chi connectivity index (χ3n) is 2.56. The molecule has 0 fully saturated rings. The molecule has 0 aliphatic rings. The van der Waals surface area contributed by atoms with Crippen molar-refractivity contribution in [1.29, 1.82) is 0 Å².